The van der Waals surface area contributed by atoms with E-state index in [0.29, 0.717) is 42.1 Å². The van der Waals surface area contributed by atoms with Crippen molar-refractivity contribution >= 4 is 58.6 Å². The fourth-order valence-corrected chi connectivity index (χ4v) is 4.55. The number of nitrogens with zero attached hydrogens (tertiary/aromatic N) is 4. The monoisotopic (exact) mass is 584 g/mol. The summed E-state index contributed by atoms with van der Waals surface area (Å²) in [5.41, 5.74) is 8.45. The molecule has 2 aromatic heterocycles. The largest absolute Gasteiger partial charge is 0.493 e. The Hall–Kier alpha value is -3.56. The van der Waals surface area contributed by atoms with Gasteiger partial charge in [-0.15, -0.1) is 0 Å². The van der Waals surface area contributed by atoms with Crippen molar-refractivity contribution in [1.29, 1.82) is 0 Å². The Labute approximate surface area is 244 Å². The molecule has 0 saturated carbocycles. The summed E-state index contributed by atoms with van der Waals surface area (Å²) in [6.45, 7) is 7.59. The van der Waals surface area contributed by atoms with Gasteiger partial charge in [0.25, 0.3) is 0 Å². The second-order valence-corrected chi connectivity index (χ2v) is 11.4. The zero-order valence-electron chi connectivity index (χ0n) is 22.9. The number of nitrogens with two attached hydrogens (primary N) is 1. The molecule has 0 bridgehead atoms. The molecule has 1 aromatic carbocycles. The maximum absolute atomic E-state index is 12.4. The number of benzene rings is 1. The molecule has 3 aromatic rings. The number of anilines is 3. The van der Waals surface area contributed by atoms with Gasteiger partial charge in [0.15, 0.2) is 5.82 Å². The maximum atomic E-state index is 12.4. The van der Waals surface area contributed by atoms with Gasteiger partial charge in [-0.3, -0.25) is 4.98 Å². The Morgan fingerprint density at radius 2 is 1.93 bits per heavy atom. The molecule has 3 heterocycles. The number of pyridine rings is 1. The first-order valence-electron chi connectivity index (χ1n) is 13.1. The van der Waals surface area contributed by atoms with E-state index in [2.05, 4.69) is 20.3 Å². The van der Waals surface area contributed by atoms with Gasteiger partial charge in [-0.05, 0) is 87.4 Å². The van der Waals surface area contributed by atoms with E-state index < -0.39 is 5.60 Å². The van der Waals surface area contributed by atoms with Crippen LogP contribution in [0, 0.1) is 5.92 Å². The molecule has 11 heteroatoms. The van der Waals surface area contributed by atoms with Crippen molar-refractivity contribution in [3.8, 4) is 5.75 Å². The molecule has 0 unspecified atom stereocenters. The van der Waals surface area contributed by atoms with Crippen LogP contribution in [0.5, 0.6) is 5.75 Å². The van der Waals surface area contributed by atoms with E-state index in [-0.39, 0.29) is 11.4 Å². The SMILES string of the molecule is CC(C)(C)OC(=O)N1CCC(CCOc2ccc(Nc3nc(Cl)ncc3Cl)cc2/C=C/c2cncc(N)c2)CC1. The second-order valence-electron chi connectivity index (χ2n) is 10.6. The van der Waals surface area contributed by atoms with Crippen molar-refractivity contribution in [3.63, 3.8) is 0 Å². The van der Waals surface area contributed by atoms with Crippen molar-refractivity contribution in [2.75, 3.05) is 30.7 Å². The highest BCUT2D eigenvalue weighted by Crippen LogP contribution is 2.30. The highest BCUT2D eigenvalue weighted by molar-refractivity contribution is 6.33. The zero-order valence-corrected chi connectivity index (χ0v) is 24.4. The van der Waals surface area contributed by atoms with E-state index in [4.69, 9.17) is 38.4 Å². The molecule has 1 amide bonds. The number of likely N-dealkylation sites (tertiary alicyclic amines) is 1. The quantitative estimate of drug-likeness (QED) is 0.269. The third kappa shape index (κ3) is 8.72. The Morgan fingerprint density at radius 1 is 1.15 bits per heavy atom. The van der Waals surface area contributed by atoms with Gasteiger partial charge in [-0.25, -0.2) is 9.78 Å². The lowest BCUT2D eigenvalue weighted by Gasteiger charge is -2.33. The number of ether oxygens (including phenoxy) is 2. The van der Waals surface area contributed by atoms with E-state index in [1.54, 1.807) is 17.3 Å². The lowest BCUT2D eigenvalue weighted by atomic mass is 9.94. The molecule has 0 atom stereocenters. The predicted molar refractivity (Wildman–Crippen MR) is 160 cm³/mol. The molecule has 3 N–H and O–H groups in total. The molecule has 0 radical (unpaired) electrons. The lowest BCUT2D eigenvalue weighted by molar-refractivity contribution is 0.0177. The molecule has 1 fully saturated rings. The van der Waals surface area contributed by atoms with Crippen LogP contribution in [0.4, 0.5) is 22.0 Å². The Morgan fingerprint density at radius 3 is 2.65 bits per heavy atom. The van der Waals surface area contributed by atoms with Crippen LogP contribution in [0.1, 0.15) is 51.2 Å². The maximum Gasteiger partial charge on any atom is 0.410 e. The smallest absolute Gasteiger partial charge is 0.410 e. The standard InChI is InChI=1S/C29H34Cl2N6O3/c1-29(2,3)40-28(38)37-11-8-19(9-12-37)10-13-39-25-7-6-23(35-26-24(30)18-34-27(31)36-26)15-21(25)5-4-20-14-22(32)17-33-16-20/h4-7,14-19H,8-13,32H2,1-3H3,(H,34,35,36)/b5-4+. The van der Waals surface area contributed by atoms with E-state index in [9.17, 15) is 4.79 Å². The minimum absolute atomic E-state index is 0.0954. The topological polar surface area (TPSA) is 115 Å². The molecule has 0 aliphatic carbocycles. The number of nitrogens with one attached hydrogen (secondary N) is 1. The van der Waals surface area contributed by atoms with Crippen LogP contribution in [-0.4, -0.2) is 51.2 Å². The Kier molecular flexibility index (Phi) is 9.71. The summed E-state index contributed by atoms with van der Waals surface area (Å²) in [7, 11) is 0. The average molecular weight is 586 g/mol. The van der Waals surface area contributed by atoms with Crippen molar-refractivity contribution < 1.29 is 14.3 Å². The molecular formula is C29H34Cl2N6O3. The fraction of sp³-hybridized carbons (Fsp3) is 0.379. The fourth-order valence-electron chi connectivity index (χ4n) is 4.28. The van der Waals surface area contributed by atoms with Crippen molar-refractivity contribution in [1.82, 2.24) is 19.9 Å². The number of halogens is 2. The number of hydrogen-bond acceptors (Lipinski definition) is 8. The first-order valence-corrected chi connectivity index (χ1v) is 13.9. The Balaban J connectivity index is 1.41. The van der Waals surface area contributed by atoms with Gasteiger partial charge in [0.1, 0.15) is 16.4 Å². The molecule has 1 aliphatic rings. The van der Waals surface area contributed by atoms with Crippen molar-refractivity contribution in [2.45, 2.75) is 45.6 Å². The van der Waals surface area contributed by atoms with Gasteiger partial charge in [-0.2, -0.15) is 4.98 Å². The van der Waals surface area contributed by atoms with Gasteiger partial charge in [0.2, 0.25) is 5.28 Å². The highest BCUT2D eigenvalue weighted by atomic mass is 35.5. The van der Waals surface area contributed by atoms with Gasteiger partial charge >= 0.3 is 6.09 Å². The van der Waals surface area contributed by atoms with E-state index in [1.165, 1.54) is 6.20 Å². The molecule has 40 heavy (non-hydrogen) atoms. The van der Waals surface area contributed by atoms with Crippen molar-refractivity contribution in [2.24, 2.45) is 5.92 Å². The van der Waals surface area contributed by atoms with Gasteiger partial charge < -0.3 is 25.4 Å². The summed E-state index contributed by atoms with van der Waals surface area (Å²) < 4.78 is 11.7. The number of nitrogen functional groups attached to an aromatic ring is 1. The summed E-state index contributed by atoms with van der Waals surface area (Å²) in [5.74, 6) is 1.61. The number of piperidine rings is 1. The van der Waals surface area contributed by atoms with Crippen LogP contribution in [0.15, 0.2) is 42.9 Å². The number of carbonyl (C=O) groups is 1. The van der Waals surface area contributed by atoms with Crippen LogP contribution in [0.3, 0.4) is 0 Å². The number of aromatic nitrogens is 3. The third-order valence-electron chi connectivity index (χ3n) is 6.27. The molecule has 212 valence electrons. The lowest BCUT2D eigenvalue weighted by Crippen LogP contribution is -2.41. The summed E-state index contributed by atoms with van der Waals surface area (Å²) in [4.78, 5) is 26.4. The molecular weight excluding hydrogens is 551 g/mol. The molecule has 1 aliphatic heterocycles. The van der Waals surface area contributed by atoms with Crippen LogP contribution in [0.2, 0.25) is 10.3 Å². The molecule has 4 rings (SSSR count). The highest BCUT2D eigenvalue weighted by Gasteiger charge is 2.26. The summed E-state index contributed by atoms with van der Waals surface area (Å²) in [6, 6.07) is 7.58. The first kappa shape index (κ1) is 29.4. The summed E-state index contributed by atoms with van der Waals surface area (Å²) in [5, 5.41) is 3.64. The number of hydrogen-bond donors (Lipinski definition) is 2. The first-order chi connectivity index (χ1) is 19.1. The van der Waals surface area contributed by atoms with Crippen LogP contribution >= 0.6 is 23.2 Å². The average Bonchev–Trinajstić information content (AvgIpc) is 2.90. The van der Waals surface area contributed by atoms with Gasteiger partial charge in [0, 0.05) is 36.7 Å². The minimum atomic E-state index is -0.489. The predicted octanol–water partition coefficient (Wildman–Crippen LogP) is 7.09. The van der Waals surface area contributed by atoms with Crippen molar-refractivity contribution in [3.05, 3.63) is 64.3 Å². The number of carbonyl (C=O) groups excluding carboxylic acids is 1. The van der Waals surface area contributed by atoms with E-state index >= 15 is 0 Å². The van der Waals surface area contributed by atoms with Crippen LogP contribution in [0.25, 0.3) is 12.2 Å². The molecule has 9 nitrogen and oxygen atoms in total. The molecule has 1 saturated heterocycles. The molecule has 0 spiro atoms. The van der Waals surface area contributed by atoms with E-state index in [0.717, 1.165) is 41.8 Å². The van der Waals surface area contributed by atoms with Gasteiger partial charge in [-0.1, -0.05) is 23.8 Å². The van der Waals surface area contributed by atoms with E-state index in [1.807, 2.05) is 57.2 Å². The van der Waals surface area contributed by atoms with Crippen LogP contribution < -0.4 is 15.8 Å². The number of amides is 1. The summed E-state index contributed by atoms with van der Waals surface area (Å²) in [6.07, 6.45) is 11.1. The Bertz CT molecular complexity index is 1350. The third-order valence-corrected chi connectivity index (χ3v) is 6.73. The minimum Gasteiger partial charge on any atom is -0.493 e. The zero-order chi connectivity index (χ0) is 28.7. The van der Waals surface area contributed by atoms with Crippen LogP contribution in [-0.2, 0) is 4.74 Å². The second kappa shape index (κ2) is 13.2. The number of rotatable bonds is 8. The van der Waals surface area contributed by atoms with Gasteiger partial charge in [0.05, 0.1) is 18.5 Å². The summed E-state index contributed by atoms with van der Waals surface area (Å²) >= 11 is 12.2. The normalized spacial score (nSPS) is 14.4.